The normalized spacial score (nSPS) is 19.5. The molecule has 1 unspecified atom stereocenters. The molecular formula is C28H33N3O5. The molecule has 0 aromatic heterocycles. The first-order valence-electron chi connectivity index (χ1n) is 12.4. The highest BCUT2D eigenvalue weighted by atomic mass is 16.5. The highest BCUT2D eigenvalue weighted by Crippen LogP contribution is 2.46. The minimum absolute atomic E-state index is 0.0137. The van der Waals surface area contributed by atoms with Crippen molar-refractivity contribution in [1.29, 1.82) is 0 Å². The summed E-state index contributed by atoms with van der Waals surface area (Å²) in [6.07, 6.45) is 2.32. The van der Waals surface area contributed by atoms with E-state index in [-0.39, 0.29) is 37.0 Å². The van der Waals surface area contributed by atoms with Crippen molar-refractivity contribution < 1.29 is 23.9 Å². The van der Waals surface area contributed by atoms with Gasteiger partial charge in [0.25, 0.3) is 0 Å². The van der Waals surface area contributed by atoms with E-state index in [0.29, 0.717) is 12.2 Å². The van der Waals surface area contributed by atoms with Crippen LogP contribution in [0.2, 0.25) is 0 Å². The van der Waals surface area contributed by atoms with Gasteiger partial charge in [0.05, 0.1) is 19.1 Å². The number of nitrogens with one attached hydrogen (secondary N) is 3. The number of methoxy groups -OCH3 is 1. The number of amides is 3. The van der Waals surface area contributed by atoms with Crippen LogP contribution in [0.4, 0.5) is 0 Å². The Hall–Kier alpha value is -3.68. The third-order valence-corrected chi connectivity index (χ3v) is 7.09. The Morgan fingerprint density at radius 2 is 1.61 bits per heavy atom. The van der Waals surface area contributed by atoms with Crippen molar-refractivity contribution in [3.63, 3.8) is 0 Å². The topological polar surface area (TPSA) is 114 Å². The molecule has 2 aromatic carbocycles. The molecule has 4 rings (SSSR count). The van der Waals surface area contributed by atoms with E-state index >= 15 is 0 Å². The van der Waals surface area contributed by atoms with Gasteiger partial charge in [-0.25, -0.2) is 0 Å². The first-order valence-corrected chi connectivity index (χ1v) is 12.4. The zero-order valence-electron chi connectivity index (χ0n) is 20.7. The van der Waals surface area contributed by atoms with Crippen LogP contribution in [0.1, 0.15) is 37.3 Å². The third-order valence-electron chi connectivity index (χ3n) is 7.09. The average Bonchev–Trinajstić information content (AvgIpc) is 3.49. The number of carbonyl (C=O) groups is 4. The fourth-order valence-electron chi connectivity index (χ4n) is 4.47. The second kappa shape index (κ2) is 10.9. The molecule has 1 aliphatic carbocycles. The lowest BCUT2D eigenvalue weighted by atomic mass is 9.92. The van der Waals surface area contributed by atoms with Gasteiger partial charge < -0.3 is 20.7 Å². The minimum Gasteiger partial charge on any atom is -0.497 e. The van der Waals surface area contributed by atoms with Gasteiger partial charge in [-0.1, -0.05) is 49.4 Å². The van der Waals surface area contributed by atoms with Gasteiger partial charge in [0, 0.05) is 24.8 Å². The van der Waals surface area contributed by atoms with Crippen molar-refractivity contribution >= 4 is 23.5 Å². The lowest BCUT2D eigenvalue weighted by molar-refractivity contribution is -0.134. The highest BCUT2D eigenvalue weighted by Gasteiger charge is 2.48. The molecule has 1 saturated heterocycles. The van der Waals surface area contributed by atoms with Crippen LogP contribution in [0.3, 0.4) is 0 Å². The first kappa shape index (κ1) is 25.4. The fraction of sp³-hybridized carbons (Fsp3) is 0.429. The lowest BCUT2D eigenvalue weighted by Gasteiger charge is -2.25. The van der Waals surface area contributed by atoms with E-state index in [4.69, 9.17) is 4.74 Å². The molecular weight excluding hydrogens is 458 g/mol. The molecule has 8 nitrogen and oxygen atoms in total. The molecule has 3 atom stereocenters. The molecule has 0 radical (unpaired) electrons. The summed E-state index contributed by atoms with van der Waals surface area (Å²) in [5.41, 5.74) is 1.36. The van der Waals surface area contributed by atoms with Crippen LogP contribution in [0.25, 0.3) is 0 Å². The van der Waals surface area contributed by atoms with E-state index in [1.807, 2.05) is 49.4 Å². The Morgan fingerprint density at radius 3 is 2.19 bits per heavy atom. The number of Topliss-reactive ketones (excluding diaryl/α,β-unsaturated/α-hetero) is 1. The van der Waals surface area contributed by atoms with Crippen molar-refractivity contribution in [2.75, 3.05) is 13.7 Å². The van der Waals surface area contributed by atoms with Crippen LogP contribution < -0.4 is 20.7 Å². The summed E-state index contributed by atoms with van der Waals surface area (Å²) in [4.78, 5) is 51.4. The zero-order chi connectivity index (χ0) is 25.7. The monoisotopic (exact) mass is 491 g/mol. The molecule has 3 N–H and O–H groups in total. The SMILES string of the molecule is COc1ccc(CC(NC(=O)[C@@H]2CNC(=O)C2)C(=O)N[C@H](Cc2ccccc2)C(=O)C2(C)CC2)cc1. The molecule has 0 bridgehead atoms. The molecule has 2 aromatic rings. The largest absolute Gasteiger partial charge is 0.497 e. The maximum atomic E-state index is 13.6. The Bertz CT molecular complexity index is 1110. The van der Waals surface area contributed by atoms with E-state index in [2.05, 4.69) is 16.0 Å². The maximum absolute atomic E-state index is 13.6. The van der Waals surface area contributed by atoms with Gasteiger partial charge in [-0.05, 0) is 42.5 Å². The van der Waals surface area contributed by atoms with E-state index in [1.165, 1.54) is 0 Å². The molecule has 0 spiro atoms. The molecule has 190 valence electrons. The second-order valence-corrected chi connectivity index (χ2v) is 9.99. The number of ketones is 1. The Balaban J connectivity index is 1.53. The van der Waals surface area contributed by atoms with Gasteiger partial charge in [-0.2, -0.15) is 0 Å². The quantitative estimate of drug-likeness (QED) is 0.445. The molecule has 1 saturated carbocycles. The maximum Gasteiger partial charge on any atom is 0.243 e. The van der Waals surface area contributed by atoms with Gasteiger partial charge in [-0.15, -0.1) is 0 Å². The lowest BCUT2D eigenvalue weighted by Crippen LogP contribution is -2.54. The summed E-state index contributed by atoms with van der Waals surface area (Å²) in [6.45, 7) is 2.18. The molecule has 2 aliphatic rings. The summed E-state index contributed by atoms with van der Waals surface area (Å²) in [5.74, 6) is -0.796. The van der Waals surface area contributed by atoms with Gasteiger partial charge >= 0.3 is 0 Å². The van der Waals surface area contributed by atoms with Crippen LogP contribution >= 0.6 is 0 Å². The smallest absolute Gasteiger partial charge is 0.243 e. The van der Waals surface area contributed by atoms with Gasteiger partial charge in [-0.3, -0.25) is 19.2 Å². The standard InChI is InChI=1S/C28H33N3O5/c1-28(12-13-28)25(33)22(14-18-6-4-3-5-7-18)30-27(35)23(15-19-8-10-21(36-2)11-9-19)31-26(34)20-16-24(32)29-17-20/h3-11,20,22-23H,12-17H2,1-2H3,(H,29,32)(H,30,35)(H,31,34)/t20-,22+,23?/m0/s1. The predicted molar refractivity (Wildman–Crippen MR) is 134 cm³/mol. The summed E-state index contributed by atoms with van der Waals surface area (Å²) < 4.78 is 5.21. The minimum atomic E-state index is -0.903. The van der Waals surface area contributed by atoms with Crippen molar-refractivity contribution in [3.8, 4) is 5.75 Å². The predicted octanol–water partition coefficient (Wildman–Crippen LogP) is 1.96. The number of rotatable bonds is 11. The van der Waals surface area contributed by atoms with E-state index in [1.54, 1.807) is 19.2 Å². The summed E-state index contributed by atoms with van der Waals surface area (Å²) in [7, 11) is 1.58. The fourth-order valence-corrected chi connectivity index (χ4v) is 4.47. The van der Waals surface area contributed by atoms with Gasteiger partial charge in [0.15, 0.2) is 5.78 Å². The number of hydrogen-bond acceptors (Lipinski definition) is 5. The van der Waals surface area contributed by atoms with Crippen molar-refractivity contribution in [1.82, 2.24) is 16.0 Å². The van der Waals surface area contributed by atoms with E-state index < -0.39 is 29.3 Å². The number of ether oxygens (including phenoxy) is 1. The number of benzene rings is 2. The Kier molecular flexibility index (Phi) is 7.72. The summed E-state index contributed by atoms with van der Waals surface area (Å²) >= 11 is 0. The van der Waals surface area contributed by atoms with Gasteiger partial charge in [0.1, 0.15) is 11.8 Å². The van der Waals surface area contributed by atoms with Crippen LogP contribution in [-0.4, -0.2) is 49.2 Å². The zero-order valence-corrected chi connectivity index (χ0v) is 20.7. The molecule has 3 amide bonds. The molecule has 1 heterocycles. The van der Waals surface area contributed by atoms with E-state index in [9.17, 15) is 19.2 Å². The summed E-state index contributed by atoms with van der Waals surface area (Å²) in [6, 6.07) is 15.2. The van der Waals surface area contributed by atoms with Crippen molar-refractivity contribution in [3.05, 3.63) is 65.7 Å². The van der Waals surface area contributed by atoms with Gasteiger partial charge in [0.2, 0.25) is 17.7 Å². The van der Waals surface area contributed by atoms with Crippen molar-refractivity contribution in [2.45, 2.75) is 51.1 Å². The van der Waals surface area contributed by atoms with Crippen molar-refractivity contribution in [2.24, 2.45) is 11.3 Å². The van der Waals surface area contributed by atoms with Crippen LogP contribution in [0.15, 0.2) is 54.6 Å². The molecule has 2 fully saturated rings. The first-order chi connectivity index (χ1) is 17.3. The second-order valence-electron chi connectivity index (χ2n) is 9.99. The Labute approximate surface area is 211 Å². The van der Waals surface area contributed by atoms with Crippen LogP contribution in [-0.2, 0) is 32.0 Å². The third kappa shape index (κ3) is 6.30. The summed E-state index contributed by atoms with van der Waals surface area (Å²) in [5, 5.41) is 8.44. The molecule has 1 aliphatic heterocycles. The van der Waals surface area contributed by atoms with Crippen LogP contribution in [0.5, 0.6) is 5.75 Å². The van der Waals surface area contributed by atoms with E-state index in [0.717, 1.165) is 24.0 Å². The highest BCUT2D eigenvalue weighted by molar-refractivity contribution is 5.97. The van der Waals surface area contributed by atoms with Crippen LogP contribution in [0, 0.1) is 11.3 Å². The number of carbonyl (C=O) groups excluding carboxylic acids is 4. The molecule has 8 heteroatoms. The Morgan fingerprint density at radius 1 is 0.972 bits per heavy atom. The number of hydrogen-bond donors (Lipinski definition) is 3. The molecule has 36 heavy (non-hydrogen) atoms. The average molecular weight is 492 g/mol.